The van der Waals surface area contributed by atoms with Gasteiger partial charge in [-0.1, -0.05) is 18.2 Å². The van der Waals surface area contributed by atoms with E-state index in [-0.39, 0.29) is 17.5 Å². The normalized spacial score (nSPS) is 17.7. The van der Waals surface area contributed by atoms with E-state index >= 15 is 0 Å². The summed E-state index contributed by atoms with van der Waals surface area (Å²) in [5, 5.41) is 14.3. The van der Waals surface area contributed by atoms with E-state index in [1.807, 2.05) is 35.2 Å². The Balaban J connectivity index is 1.71. The van der Waals surface area contributed by atoms with Gasteiger partial charge >= 0.3 is 5.69 Å². The first-order valence-electron chi connectivity index (χ1n) is 7.47. The fourth-order valence-electron chi connectivity index (χ4n) is 2.72. The zero-order chi connectivity index (χ0) is 16.2. The number of hydrogen-bond acceptors (Lipinski definition) is 7. The zero-order valence-corrected chi connectivity index (χ0v) is 12.6. The summed E-state index contributed by atoms with van der Waals surface area (Å²) >= 11 is 0. The van der Waals surface area contributed by atoms with Crippen molar-refractivity contribution >= 4 is 23.1 Å². The molecule has 2 aromatic rings. The van der Waals surface area contributed by atoms with Gasteiger partial charge in [0.1, 0.15) is 6.20 Å². The molecule has 120 valence electrons. The van der Waals surface area contributed by atoms with Crippen molar-refractivity contribution in [3.8, 4) is 0 Å². The lowest BCUT2D eigenvalue weighted by Crippen LogP contribution is -2.43. The summed E-state index contributed by atoms with van der Waals surface area (Å²) in [5.74, 6) is 0.339. The minimum absolute atomic E-state index is 0.0989. The second-order valence-corrected chi connectivity index (χ2v) is 5.49. The average Bonchev–Trinajstić information content (AvgIpc) is 2.55. The molecule has 1 fully saturated rings. The third-order valence-corrected chi connectivity index (χ3v) is 3.83. The minimum Gasteiger partial charge on any atom is -0.381 e. The summed E-state index contributed by atoms with van der Waals surface area (Å²) in [6, 6.07) is 10.3. The van der Waals surface area contributed by atoms with E-state index in [2.05, 4.69) is 15.3 Å². The van der Waals surface area contributed by atoms with E-state index in [9.17, 15) is 10.1 Å². The van der Waals surface area contributed by atoms with E-state index < -0.39 is 4.92 Å². The molecule has 0 saturated carbocycles. The standard InChI is InChI=1S/C15H18N6O2/c16-14-13(21(22)23)9-17-15(19-14)20-8-4-7-12(10-20)18-11-5-2-1-3-6-11/h1-3,5-6,9,12,18H,4,7-8,10H2,(H2,16,17,19). The Morgan fingerprint density at radius 1 is 1.35 bits per heavy atom. The SMILES string of the molecule is Nc1nc(N2CCCC(Nc3ccccc3)C2)ncc1[N+](=O)[O-]. The number of benzene rings is 1. The van der Waals surface area contributed by atoms with E-state index in [0.29, 0.717) is 5.95 Å². The second kappa shape index (κ2) is 6.47. The van der Waals surface area contributed by atoms with Gasteiger partial charge in [0, 0.05) is 24.8 Å². The van der Waals surface area contributed by atoms with Gasteiger partial charge in [-0.15, -0.1) is 0 Å². The van der Waals surface area contributed by atoms with Crippen LogP contribution in [-0.2, 0) is 0 Å². The number of nitrogen functional groups attached to an aromatic ring is 1. The number of piperidine rings is 1. The maximum absolute atomic E-state index is 10.8. The predicted octanol–water partition coefficient (Wildman–Crippen LogP) is 2.05. The summed E-state index contributed by atoms with van der Waals surface area (Å²) in [5.41, 5.74) is 6.47. The molecule has 0 bridgehead atoms. The Bertz CT molecular complexity index is 694. The van der Waals surface area contributed by atoms with Crippen LogP contribution in [-0.4, -0.2) is 34.0 Å². The van der Waals surface area contributed by atoms with Crippen LogP contribution >= 0.6 is 0 Å². The Morgan fingerprint density at radius 2 is 2.13 bits per heavy atom. The zero-order valence-electron chi connectivity index (χ0n) is 12.6. The van der Waals surface area contributed by atoms with Gasteiger partial charge in [-0.2, -0.15) is 4.98 Å². The molecule has 1 saturated heterocycles. The number of nitrogens with zero attached hydrogens (tertiary/aromatic N) is 4. The molecular weight excluding hydrogens is 296 g/mol. The van der Waals surface area contributed by atoms with Crippen molar-refractivity contribution in [2.75, 3.05) is 29.0 Å². The van der Waals surface area contributed by atoms with Crippen molar-refractivity contribution in [1.29, 1.82) is 0 Å². The van der Waals surface area contributed by atoms with Crippen LogP contribution in [0.3, 0.4) is 0 Å². The second-order valence-electron chi connectivity index (χ2n) is 5.49. The molecule has 1 atom stereocenters. The molecule has 1 aliphatic rings. The summed E-state index contributed by atoms with van der Waals surface area (Å²) in [4.78, 5) is 20.4. The third kappa shape index (κ3) is 3.47. The van der Waals surface area contributed by atoms with Gasteiger partial charge in [-0.25, -0.2) is 4.98 Å². The summed E-state index contributed by atoms with van der Waals surface area (Å²) in [6.45, 7) is 1.54. The van der Waals surface area contributed by atoms with E-state index in [1.165, 1.54) is 6.20 Å². The van der Waals surface area contributed by atoms with Crippen molar-refractivity contribution in [2.24, 2.45) is 0 Å². The van der Waals surface area contributed by atoms with Crippen LogP contribution in [0.25, 0.3) is 0 Å². The Hall–Kier alpha value is -2.90. The van der Waals surface area contributed by atoms with Crippen molar-refractivity contribution in [2.45, 2.75) is 18.9 Å². The summed E-state index contributed by atoms with van der Waals surface area (Å²) < 4.78 is 0. The smallest absolute Gasteiger partial charge is 0.329 e. The number of nitro groups is 1. The summed E-state index contributed by atoms with van der Waals surface area (Å²) in [6.07, 6.45) is 3.21. The fraction of sp³-hybridized carbons (Fsp3) is 0.333. The number of hydrogen-bond donors (Lipinski definition) is 2. The first-order chi connectivity index (χ1) is 11.1. The highest BCUT2D eigenvalue weighted by molar-refractivity contribution is 5.54. The summed E-state index contributed by atoms with van der Waals surface area (Å²) in [7, 11) is 0. The van der Waals surface area contributed by atoms with Crippen LogP contribution in [0.2, 0.25) is 0 Å². The molecule has 3 rings (SSSR count). The van der Waals surface area contributed by atoms with Crippen LogP contribution in [0.15, 0.2) is 36.5 Å². The lowest BCUT2D eigenvalue weighted by atomic mass is 10.1. The highest BCUT2D eigenvalue weighted by Crippen LogP contribution is 2.23. The van der Waals surface area contributed by atoms with Crippen molar-refractivity contribution in [3.63, 3.8) is 0 Å². The molecule has 0 amide bonds. The predicted molar refractivity (Wildman–Crippen MR) is 88.4 cm³/mol. The van der Waals surface area contributed by atoms with Gasteiger partial charge in [-0.05, 0) is 25.0 Å². The number of anilines is 3. The number of aromatic nitrogens is 2. The molecule has 8 heteroatoms. The van der Waals surface area contributed by atoms with Gasteiger partial charge in [0.2, 0.25) is 11.8 Å². The first-order valence-corrected chi connectivity index (χ1v) is 7.47. The third-order valence-electron chi connectivity index (χ3n) is 3.83. The van der Waals surface area contributed by atoms with Gasteiger partial charge in [-0.3, -0.25) is 10.1 Å². The van der Waals surface area contributed by atoms with Crippen LogP contribution in [0.5, 0.6) is 0 Å². The number of rotatable bonds is 4. The fourth-order valence-corrected chi connectivity index (χ4v) is 2.72. The molecular formula is C15H18N6O2. The van der Waals surface area contributed by atoms with Gasteiger partial charge < -0.3 is 16.0 Å². The van der Waals surface area contributed by atoms with Crippen LogP contribution in [0.1, 0.15) is 12.8 Å². The number of nitrogens with two attached hydrogens (primary N) is 1. The largest absolute Gasteiger partial charge is 0.381 e. The van der Waals surface area contributed by atoms with Gasteiger partial charge in [0.05, 0.1) is 4.92 Å². The highest BCUT2D eigenvalue weighted by Gasteiger charge is 2.23. The maximum Gasteiger partial charge on any atom is 0.329 e. The topological polar surface area (TPSA) is 110 Å². The maximum atomic E-state index is 10.8. The lowest BCUT2D eigenvalue weighted by Gasteiger charge is -2.33. The molecule has 23 heavy (non-hydrogen) atoms. The molecule has 1 aromatic heterocycles. The molecule has 3 N–H and O–H groups in total. The quantitative estimate of drug-likeness (QED) is 0.656. The van der Waals surface area contributed by atoms with Gasteiger partial charge in [0.25, 0.3) is 0 Å². The Labute approximate surface area is 133 Å². The van der Waals surface area contributed by atoms with Crippen LogP contribution in [0, 0.1) is 10.1 Å². The van der Waals surface area contributed by atoms with E-state index in [1.54, 1.807) is 0 Å². The Kier molecular flexibility index (Phi) is 4.22. The molecule has 1 aromatic carbocycles. The van der Waals surface area contributed by atoms with Gasteiger partial charge in [0.15, 0.2) is 0 Å². The van der Waals surface area contributed by atoms with Crippen molar-refractivity contribution < 1.29 is 4.92 Å². The molecule has 1 unspecified atom stereocenters. The molecule has 0 spiro atoms. The number of para-hydroxylation sites is 1. The van der Waals surface area contributed by atoms with Crippen molar-refractivity contribution in [3.05, 3.63) is 46.6 Å². The molecule has 2 heterocycles. The van der Waals surface area contributed by atoms with Crippen LogP contribution in [0.4, 0.5) is 23.1 Å². The van der Waals surface area contributed by atoms with E-state index in [4.69, 9.17) is 5.73 Å². The Morgan fingerprint density at radius 3 is 2.83 bits per heavy atom. The lowest BCUT2D eigenvalue weighted by molar-refractivity contribution is -0.384. The first kappa shape index (κ1) is 15.0. The molecule has 8 nitrogen and oxygen atoms in total. The molecule has 1 aliphatic heterocycles. The van der Waals surface area contributed by atoms with E-state index in [0.717, 1.165) is 31.6 Å². The van der Waals surface area contributed by atoms with Crippen LogP contribution < -0.4 is 16.0 Å². The highest BCUT2D eigenvalue weighted by atomic mass is 16.6. The van der Waals surface area contributed by atoms with Crippen molar-refractivity contribution in [1.82, 2.24) is 9.97 Å². The molecule has 0 radical (unpaired) electrons. The monoisotopic (exact) mass is 314 g/mol. The number of nitrogens with one attached hydrogen (secondary N) is 1. The minimum atomic E-state index is -0.574. The molecule has 0 aliphatic carbocycles. The average molecular weight is 314 g/mol.